The molecule has 0 aromatic carbocycles. The van der Waals surface area contributed by atoms with Crippen LogP contribution in [-0.2, 0) is 11.2 Å². The van der Waals surface area contributed by atoms with E-state index in [0.717, 1.165) is 25.2 Å². The molecule has 2 aliphatic heterocycles. The number of carbonyl (C=O) groups is 1. The van der Waals surface area contributed by atoms with Crippen LogP contribution in [0.1, 0.15) is 25.0 Å². The molecule has 108 valence electrons. The Morgan fingerprint density at radius 2 is 2.11 bits per heavy atom. The lowest BCUT2D eigenvalue weighted by molar-refractivity contribution is -0.130. The van der Waals surface area contributed by atoms with Gasteiger partial charge < -0.3 is 10.2 Å². The van der Waals surface area contributed by atoms with Crippen LogP contribution in [0.15, 0.2) is 12.3 Å². The minimum atomic E-state index is 0. The van der Waals surface area contributed by atoms with E-state index in [1.807, 2.05) is 11.0 Å². The monoisotopic (exact) mass is 306 g/mol. The highest BCUT2D eigenvalue weighted by atomic mass is 35.5. The summed E-state index contributed by atoms with van der Waals surface area (Å²) in [6, 6.07) is 3.00. The van der Waals surface area contributed by atoms with Gasteiger partial charge in [-0.05, 0) is 25.3 Å². The molecule has 2 atom stereocenters. The van der Waals surface area contributed by atoms with E-state index < -0.39 is 0 Å². The average molecular weight is 307 g/mol. The SMILES string of the molecule is Cl.Cl.O=C(Cc1ccn[nH]1)N1CCC2CCC(C1)N2. The molecule has 2 bridgehead atoms. The molecular formula is C12H20Cl2N4O. The van der Waals surface area contributed by atoms with Crippen LogP contribution in [0.4, 0.5) is 0 Å². The maximum absolute atomic E-state index is 12.1. The molecule has 2 aliphatic rings. The fraction of sp³-hybridized carbons (Fsp3) is 0.667. The zero-order chi connectivity index (χ0) is 11.7. The summed E-state index contributed by atoms with van der Waals surface area (Å²) in [6.07, 6.45) is 5.70. The maximum Gasteiger partial charge on any atom is 0.228 e. The number of rotatable bonds is 2. The second kappa shape index (κ2) is 7.12. The Morgan fingerprint density at radius 1 is 1.32 bits per heavy atom. The lowest BCUT2D eigenvalue weighted by Crippen LogP contribution is -2.39. The number of aromatic nitrogens is 2. The normalized spacial score (nSPS) is 25.2. The number of nitrogens with one attached hydrogen (secondary N) is 2. The predicted molar refractivity (Wildman–Crippen MR) is 77.9 cm³/mol. The van der Waals surface area contributed by atoms with Crippen molar-refractivity contribution in [2.24, 2.45) is 0 Å². The number of halogens is 2. The van der Waals surface area contributed by atoms with Gasteiger partial charge in [-0.3, -0.25) is 9.89 Å². The van der Waals surface area contributed by atoms with Crippen LogP contribution in [0.2, 0.25) is 0 Å². The minimum absolute atomic E-state index is 0. The third kappa shape index (κ3) is 3.84. The van der Waals surface area contributed by atoms with Crippen LogP contribution in [0.25, 0.3) is 0 Å². The first-order valence-corrected chi connectivity index (χ1v) is 6.33. The Morgan fingerprint density at radius 3 is 2.84 bits per heavy atom. The number of carbonyl (C=O) groups excluding carboxylic acids is 1. The van der Waals surface area contributed by atoms with Gasteiger partial charge in [0.25, 0.3) is 0 Å². The number of nitrogens with zero attached hydrogens (tertiary/aromatic N) is 2. The summed E-state index contributed by atoms with van der Waals surface area (Å²) in [6.45, 7) is 1.75. The number of likely N-dealkylation sites (tertiary alicyclic amines) is 1. The van der Waals surface area contributed by atoms with Crippen molar-refractivity contribution >= 4 is 30.7 Å². The quantitative estimate of drug-likeness (QED) is 0.861. The molecule has 1 aromatic rings. The Kier molecular flexibility index (Phi) is 6.10. The fourth-order valence-electron chi connectivity index (χ4n) is 2.83. The van der Waals surface area contributed by atoms with Gasteiger partial charge in [-0.25, -0.2) is 0 Å². The summed E-state index contributed by atoms with van der Waals surface area (Å²) in [5.74, 6) is 0.212. The summed E-state index contributed by atoms with van der Waals surface area (Å²) in [5, 5.41) is 10.3. The van der Waals surface area contributed by atoms with Crippen molar-refractivity contribution < 1.29 is 4.79 Å². The van der Waals surface area contributed by atoms with Crippen LogP contribution in [0, 0.1) is 0 Å². The molecule has 1 amide bonds. The van der Waals surface area contributed by atoms with Gasteiger partial charge in [0, 0.05) is 37.1 Å². The fourth-order valence-corrected chi connectivity index (χ4v) is 2.83. The maximum atomic E-state index is 12.1. The molecule has 19 heavy (non-hydrogen) atoms. The molecule has 2 N–H and O–H groups in total. The summed E-state index contributed by atoms with van der Waals surface area (Å²) < 4.78 is 0. The smallest absolute Gasteiger partial charge is 0.228 e. The Labute approximate surface area is 125 Å². The highest BCUT2D eigenvalue weighted by Crippen LogP contribution is 2.20. The van der Waals surface area contributed by atoms with Gasteiger partial charge in [-0.1, -0.05) is 0 Å². The first-order valence-electron chi connectivity index (χ1n) is 6.33. The number of amides is 1. The van der Waals surface area contributed by atoms with Gasteiger partial charge in [-0.2, -0.15) is 5.10 Å². The van der Waals surface area contributed by atoms with Crippen LogP contribution >= 0.6 is 24.8 Å². The Balaban J connectivity index is 0.000000902. The van der Waals surface area contributed by atoms with Crippen molar-refractivity contribution in [2.75, 3.05) is 13.1 Å². The van der Waals surface area contributed by atoms with E-state index in [-0.39, 0.29) is 30.7 Å². The van der Waals surface area contributed by atoms with Gasteiger partial charge in [0.1, 0.15) is 0 Å². The zero-order valence-corrected chi connectivity index (χ0v) is 12.3. The molecule has 3 rings (SSSR count). The highest BCUT2D eigenvalue weighted by molar-refractivity contribution is 5.85. The van der Waals surface area contributed by atoms with E-state index in [2.05, 4.69) is 15.5 Å². The molecule has 0 aliphatic carbocycles. The van der Waals surface area contributed by atoms with Crippen molar-refractivity contribution in [3.8, 4) is 0 Å². The minimum Gasteiger partial charge on any atom is -0.341 e. The van der Waals surface area contributed by atoms with Gasteiger partial charge in [0.15, 0.2) is 0 Å². The van der Waals surface area contributed by atoms with E-state index in [9.17, 15) is 4.79 Å². The number of hydrogen-bond acceptors (Lipinski definition) is 3. The Bertz CT molecular complexity index is 398. The third-order valence-electron chi connectivity index (χ3n) is 3.78. The van der Waals surface area contributed by atoms with Crippen LogP contribution in [0.5, 0.6) is 0 Å². The van der Waals surface area contributed by atoms with Crippen LogP contribution in [-0.4, -0.2) is 46.2 Å². The number of fused-ring (bicyclic) bond motifs is 2. The zero-order valence-electron chi connectivity index (χ0n) is 10.7. The predicted octanol–water partition coefficient (Wildman–Crippen LogP) is 1.15. The molecule has 7 heteroatoms. The highest BCUT2D eigenvalue weighted by Gasteiger charge is 2.30. The molecule has 0 saturated carbocycles. The summed E-state index contributed by atoms with van der Waals surface area (Å²) in [4.78, 5) is 14.1. The largest absolute Gasteiger partial charge is 0.341 e. The second-order valence-corrected chi connectivity index (χ2v) is 5.02. The second-order valence-electron chi connectivity index (χ2n) is 5.02. The molecular weight excluding hydrogens is 287 g/mol. The molecule has 0 spiro atoms. The summed E-state index contributed by atoms with van der Waals surface area (Å²) >= 11 is 0. The average Bonchev–Trinajstić information content (AvgIpc) is 2.88. The van der Waals surface area contributed by atoms with Gasteiger partial charge in [0.2, 0.25) is 5.91 Å². The van der Waals surface area contributed by atoms with E-state index in [0.29, 0.717) is 18.5 Å². The third-order valence-corrected chi connectivity index (χ3v) is 3.78. The molecule has 2 fully saturated rings. The van der Waals surface area contributed by atoms with Crippen molar-refractivity contribution in [3.05, 3.63) is 18.0 Å². The lowest BCUT2D eigenvalue weighted by Gasteiger charge is -2.24. The van der Waals surface area contributed by atoms with Gasteiger partial charge >= 0.3 is 0 Å². The molecule has 5 nitrogen and oxygen atoms in total. The van der Waals surface area contributed by atoms with E-state index >= 15 is 0 Å². The molecule has 2 saturated heterocycles. The summed E-state index contributed by atoms with van der Waals surface area (Å²) in [5.41, 5.74) is 0.900. The van der Waals surface area contributed by atoms with Crippen molar-refractivity contribution in [3.63, 3.8) is 0 Å². The standard InChI is InChI=1S/C12H18N4O.2ClH/c17-12(7-10-3-5-13-15-10)16-6-4-9-1-2-11(8-16)14-9;;/h3,5,9,11,14H,1-2,4,6-8H2,(H,13,15);2*1H. The number of aromatic amines is 1. The van der Waals surface area contributed by atoms with Crippen LogP contribution < -0.4 is 5.32 Å². The van der Waals surface area contributed by atoms with E-state index in [1.54, 1.807) is 6.20 Å². The molecule has 2 unspecified atom stereocenters. The van der Waals surface area contributed by atoms with Gasteiger partial charge in [0.05, 0.1) is 6.42 Å². The van der Waals surface area contributed by atoms with Crippen molar-refractivity contribution in [2.45, 2.75) is 37.8 Å². The first kappa shape index (κ1) is 16.3. The molecule has 1 aromatic heterocycles. The van der Waals surface area contributed by atoms with Gasteiger partial charge in [-0.15, -0.1) is 24.8 Å². The number of H-pyrrole nitrogens is 1. The topological polar surface area (TPSA) is 61.0 Å². The Hall–Kier alpha value is -0.780. The van der Waals surface area contributed by atoms with E-state index in [1.165, 1.54) is 12.8 Å². The van der Waals surface area contributed by atoms with Crippen molar-refractivity contribution in [1.29, 1.82) is 0 Å². The lowest BCUT2D eigenvalue weighted by atomic mass is 10.1. The van der Waals surface area contributed by atoms with E-state index in [4.69, 9.17) is 0 Å². The molecule has 0 radical (unpaired) electrons. The first-order chi connectivity index (χ1) is 8.31. The van der Waals surface area contributed by atoms with Crippen molar-refractivity contribution in [1.82, 2.24) is 20.4 Å². The van der Waals surface area contributed by atoms with Crippen LogP contribution in [0.3, 0.4) is 0 Å². The molecule has 3 heterocycles. The summed E-state index contributed by atoms with van der Waals surface area (Å²) in [7, 11) is 0. The number of hydrogen-bond donors (Lipinski definition) is 2.